The van der Waals surface area contributed by atoms with Crippen molar-refractivity contribution in [3.8, 4) is 5.69 Å². The van der Waals surface area contributed by atoms with E-state index in [1.807, 2.05) is 6.07 Å². The van der Waals surface area contributed by atoms with E-state index in [1.165, 1.54) is 0 Å². The third-order valence-corrected chi connectivity index (χ3v) is 2.41. The van der Waals surface area contributed by atoms with Crippen molar-refractivity contribution < 1.29 is 14.7 Å². The number of aromatic nitrogens is 3. The Hall–Kier alpha value is -2.70. The highest BCUT2D eigenvalue weighted by Crippen LogP contribution is 2.14. The first-order valence-corrected chi connectivity index (χ1v) is 5.62. The van der Waals surface area contributed by atoms with Gasteiger partial charge in [-0.1, -0.05) is 6.07 Å². The van der Waals surface area contributed by atoms with Crippen molar-refractivity contribution in [2.75, 3.05) is 5.32 Å². The highest BCUT2D eigenvalue weighted by molar-refractivity contribution is 5.92. The molecular weight excluding hydrogens is 248 g/mol. The van der Waals surface area contributed by atoms with Gasteiger partial charge in [0.15, 0.2) is 0 Å². The number of hydrogen-bond acceptors (Lipinski definition) is 4. The molecule has 0 radical (unpaired) electrons. The summed E-state index contributed by atoms with van der Waals surface area (Å²) in [7, 11) is 0. The van der Waals surface area contributed by atoms with Crippen LogP contribution in [0.1, 0.15) is 12.8 Å². The van der Waals surface area contributed by atoms with E-state index in [-0.39, 0.29) is 18.7 Å². The Labute approximate surface area is 108 Å². The minimum Gasteiger partial charge on any atom is -0.481 e. The molecule has 0 aliphatic heterocycles. The second kappa shape index (κ2) is 5.76. The molecule has 0 fully saturated rings. The number of carboxylic acids is 1. The third kappa shape index (κ3) is 3.63. The van der Waals surface area contributed by atoms with Gasteiger partial charge in [0.05, 0.1) is 12.1 Å². The third-order valence-electron chi connectivity index (χ3n) is 2.41. The summed E-state index contributed by atoms with van der Waals surface area (Å²) in [6.07, 6.45) is 2.86. The lowest BCUT2D eigenvalue weighted by Crippen LogP contribution is -2.13. The van der Waals surface area contributed by atoms with Crippen molar-refractivity contribution >= 4 is 17.6 Å². The summed E-state index contributed by atoms with van der Waals surface area (Å²) in [6.45, 7) is 0. The van der Waals surface area contributed by atoms with E-state index in [2.05, 4.69) is 15.5 Å². The molecular formula is C12H12N4O3. The lowest BCUT2D eigenvalue weighted by Gasteiger charge is -2.07. The lowest BCUT2D eigenvalue weighted by atomic mass is 10.2. The summed E-state index contributed by atoms with van der Waals surface area (Å²) in [6, 6.07) is 7.10. The molecule has 7 heteroatoms. The van der Waals surface area contributed by atoms with Crippen molar-refractivity contribution in [2.24, 2.45) is 0 Å². The van der Waals surface area contributed by atoms with Crippen LogP contribution in [-0.2, 0) is 9.59 Å². The monoisotopic (exact) mass is 260 g/mol. The Morgan fingerprint density at radius 2 is 1.95 bits per heavy atom. The number of anilines is 1. The van der Waals surface area contributed by atoms with Crippen molar-refractivity contribution in [1.82, 2.24) is 14.8 Å². The van der Waals surface area contributed by atoms with E-state index in [1.54, 1.807) is 35.4 Å². The maximum absolute atomic E-state index is 11.5. The molecule has 1 heterocycles. The van der Waals surface area contributed by atoms with Gasteiger partial charge < -0.3 is 10.4 Å². The van der Waals surface area contributed by atoms with Crippen LogP contribution in [0.25, 0.3) is 5.69 Å². The van der Waals surface area contributed by atoms with Crippen LogP contribution in [-0.4, -0.2) is 31.7 Å². The van der Waals surface area contributed by atoms with E-state index < -0.39 is 5.97 Å². The molecule has 2 rings (SSSR count). The second-order valence-electron chi connectivity index (χ2n) is 3.86. The molecule has 0 aliphatic rings. The average Bonchev–Trinajstić information content (AvgIpc) is 2.90. The molecule has 0 unspecified atom stereocenters. The predicted molar refractivity (Wildman–Crippen MR) is 66.9 cm³/mol. The molecule has 0 atom stereocenters. The quantitative estimate of drug-likeness (QED) is 0.838. The molecule has 0 saturated carbocycles. The molecule has 98 valence electrons. The number of nitrogens with zero attached hydrogens (tertiary/aromatic N) is 3. The van der Waals surface area contributed by atoms with Crippen molar-refractivity contribution in [1.29, 1.82) is 0 Å². The molecule has 0 aliphatic carbocycles. The van der Waals surface area contributed by atoms with Gasteiger partial charge in [-0.05, 0) is 18.2 Å². The minimum absolute atomic E-state index is 0.0494. The highest BCUT2D eigenvalue weighted by atomic mass is 16.4. The number of carbonyl (C=O) groups excluding carboxylic acids is 1. The molecule has 2 aromatic rings. The van der Waals surface area contributed by atoms with E-state index in [9.17, 15) is 9.59 Å². The number of benzene rings is 1. The van der Waals surface area contributed by atoms with E-state index in [0.717, 1.165) is 5.69 Å². The Morgan fingerprint density at radius 3 is 2.63 bits per heavy atom. The summed E-state index contributed by atoms with van der Waals surface area (Å²) < 4.78 is 1.70. The first kappa shape index (κ1) is 12.7. The van der Waals surface area contributed by atoms with Gasteiger partial charge in [0.25, 0.3) is 0 Å². The highest BCUT2D eigenvalue weighted by Gasteiger charge is 2.06. The lowest BCUT2D eigenvalue weighted by molar-refractivity contribution is -0.138. The topological polar surface area (TPSA) is 97.1 Å². The number of hydrogen-bond donors (Lipinski definition) is 2. The molecule has 19 heavy (non-hydrogen) atoms. The van der Waals surface area contributed by atoms with Crippen LogP contribution in [0.5, 0.6) is 0 Å². The maximum Gasteiger partial charge on any atom is 0.303 e. The zero-order valence-corrected chi connectivity index (χ0v) is 9.98. The summed E-state index contributed by atoms with van der Waals surface area (Å²) in [5.74, 6) is -1.32. The van der Waals surface area contributed by atoms with Gasteiger partial charge in [-0.2, -0.15) is 0 Å². The van der Waals surface area contributed by atoms with Crippen LogP contribution in [0.15, 0.2) is 36.9 Å². The summed E-state index contributed by atoms with van der Waals surface area (Å²) in [5.41, 5.74) is 1.41. The van der Waals surface area contributed by atoms with E-state index in [4.69, 9.17) is 5.11 Å². The minimum atomic E-state index is -0.992. The largest absolute Gasteiger partial charge is 0.481 e. The molecule has 2 N–H and O–H groups in total. The number of amides is 1. The smallest absolute Gasteiger partial charge is 0.303 e. The van der Waals surface area contributed by atoms with E-state index >= 15 is 0 Å². The van der Waals surface area contributed by atoms with E-state index in [0.29, 0.717) is 5.69 Å². The van der Waals surface area contributed by atoms with Crippen LogP contribution < -0.4 is 5.32 Å². The number of carbonyl (C=O) groups is 2. The van der Waals surface area contributed by atoms with Crippen molar-refractivity contribution in [3.63, 3.8) is 0 Å². The SMILES string of the molecule is O=C(O)CCC(=O)Nc1cccc(-n2cnnc2)c1. The van der Waals surface area contributed by atoms with Crippen LogP contribution in [0.3, 0.4) is 0 Å². The number of aliphatic carboxylic acids is 1. The summed E-state index contributed by atoms with van der Waals surface area (Å²) in [4.78, 5) is 21.9. The van der Waals surface area contributed by atoms with Gasteiger partial charge in [-0.3, -0.25) is 14.2 Å². The van der Waals surface area contributed by atoms with Gasteiger partial charge in [-0.15, -0.1) is 10.2 Å². The molecule has 1 aromatic carbocycles. The molecule has 0 spiro atoms. The first-order chi connectivity index (χ1) is 9.15. The van der Waals surface area contributed by atoms with Crippen molar-refractivity contribution in [3.05, 3.63) is 36.9 Å². The maximum atomic E-state index is 11.5. The second-order valence-corrected chi connectivity index (χ2v) is 3.86. The fraction of sp³-hybridized carbons (Fsp3) is 0.167. The van der Waals surface area contributed by atoms with Crippen LogP contribution >= 0.6 is 0 Å². The van der Waals surface area contributed by atoms with Gasteiger partial charge in [0, 0.05) is 12.1 Å². The van der Waals surface area contributed by atoms with Gasteiger partial charge >= 0.3 is 5.97 Å². The number of carboxylic acid groups (broad SMARTS) is 1. The predicted octanol–water partition coefficient (Wildman–Crippen LogP) is 1.07. The Bertz CT molecular complexity index is 580. The zero-order valence-electron chi connectivity index (χ0n) is 9.98. The van der Waals surface area contributed by atoms with Crippen LogP contribution in [0.2, 0.25) is 0 Å². The summed E-state index contributed by atoms with van der Waals surface area (Å²) >= 11 is 0. The first-order valence-electron chi connectivity index (χ1n) is 5.62. The number of rotatable bonds is 5. The van der Waals surface area contributed by atoms with Crippen LogP contribution in [0, 0.1) is 0 Å². The van der Waals surface area contributed by atoms with Gasteiger partial charge in [0.2, 0.25) is 5.91 Å². The van der Waals surface area contributed by atoms with Gasteiger partial charge in [0.1, 0.15) is 12.7 Å². The Morgan fingerprint density at radius 1 is 1.21 bits per heavy atom. The van der Waals surface area contributed by atoms with Gasteiger partial charge in [-0.25, -0.2) is 0 Å². The normalized spacial score (nSPS) is 10.1. The molecule has 7 nitrogen and oxygen atoms in total. The number of nitrogens with one attached hydrogen (secondary N) is 1. The zero-order chi connectivity index (χ0) is 13.7. The Kier molecular flexibility index (Phi) is 3.87. The average molecular weight is 260 g/mol. The molecule has 1 aromatic heterocycles. The molecule has 0 bridgehead atoms. The standard InChI is InChI=1S/C12H12N4O3/c17-11(4-5-12(18)19)15-9-2-1-3-10(6-9)16-7-13-14-8-16/h1-3,6-8H,4-5H2,(H,15,17)(H,18,19). The summed E-state index contributed by atoms with van der Waals surface area (Å²) in [5, 5.41) is 18.5. The fourth-order valence-corrected chi connectivity index (χ4v) is 1.52. The van der Waals surface area contributed by atoms with Crippen LogP contribution in [0.4, 0.5) is 5.69 Å². The fourth-order valence-electron chi connectivity index (χ4n) is 1.52. The molecule has 1 amide bonds. The molecule has 0 saturated heterocycles. The van der Waals surface area contributed by atoms with Crippen molar-refractivity contribution in [2.45, 2.75) is 12.8 Å². The Balaban J connectivity index is 2.03.